The van der Waals surface area contributed by atoms with Crippen LogP contribution in [0.2, 0.25) is 0 Å². The van der Waals surface area contributed by atoms with Gasteiger partial charge in [0, 0.05) is 11.1 Å². The number of oxime groups is 1. The fraction of sp³-hybridized carbons (Fsp3) is 0.267. The maximum absolute atomic E-state index is 13.5. The Morgan fingerprint density at radius 1 is 1.11 bits per heavy atom. The van der Waals surface area contributed by atoms with Crippen LogP contribution in [0.1, 0.15) is 43.7 Å². The van der Waals surface area contributed by atoms with Crippen molar-refractivity contribution in [3.05, 3.63) is 94.1 Å². The number of benzene rings is 2. The number of β-lactam (4-membered cyclic amide) rings is 1. The van der Waals surface area contributed by atoms with Crippen LogP contribution in [0, 0.1) is 0 Å². The molecule has 2 atom stereocenters. The molecule has 0 bridgehead atoms. The largest absolute Gasteiger partial charge is 0.477 e. The number of thioether (sulfide) groups is 1. The lowest BCUT2D eigenvalue weighted by Gasteiger charge is -2.49. The van der Waals surface area contributed by atoms with Gasteiger partial charge in [0.05, 0.1) is 0 Å². The maximum atomic E-state index is 13.5. The van der Waals surface area contributed by atoms with E-state index in [1.54, 1.807) is 6.92 Å². The SMILES string of the molecule is CC1=C(C(=O)O)N2C(=O)[C@@H](NC(=O)C(=NOC(C)(C)C(=O)OC(c3ccccc3)c3ccccc3)c3csc(N)n3)[C@H]2SC1. The number of hydrogen-bond acceptors (Lipinski definition) is 11. The number of ether oxygens (including phenoxy) is 1. The molecule has 14 heteroatoms. The van der Waals surface area contributed by atoms with Crippen LogP contribution in [0.15, 0.2) is 82.5 Å². The minimum atomic E-state index is -1.66. The number of amides is 2. The van der Waals surface area contributed by atoms with Crippen LogP contribution in [-0.2, 0) is 28.8 Å². The van der Waals surface area contributed by atoms with Gasteiger partial charge in [0.15, 0.2) is 16.9 Å². The Balaban J connectivity index is 1.35. The van der Waals surface area contributed by atoms with Crippen molar-refractivity contribution in [2.45, 2.75) is 43.9 Å². The van der Waals surface area contributed by atoms with E-state index >= 15 is 0 Å². The molecule has 0 radical (unpaired) electrons. The molecule has 0 unspecified atom stereocenters. The summed E-state index contributed by atoms with van der Waals surface area (Å²) in [5.74, 6) is -2.95. The Kier molecular flexibility index (Phi) is 8.74. The van der Waals surface area contributed by atoms with Crippen molar-refractivity contribution in [1.29, 1.82) is 0 Å². The zero-order chi connectivity index (χ0) is 31.6. The number of rotatable bonds is 10. The molecule has 0 spiro atoms. The predicted molar refractivity (Wildman–Crippen MR) is 164 cm³/mol. The molecule has 228 valence electrons. The summed E-state index contributed by atoms with van der Waals surface area (Å²) in [5, 5.41) is 17.3. The maximum Gasteiger partial charge on any atom is 0.353 e. The molecule has 2 aliphatic rings. The number of fused-ring (bicyclic) bond motifs is 1. The summed E-state index contributed by atoms with van der Waals surface area (Å²) < 4.78 is 5.92. The molecular weight excluding hydrogens is 606 g/mol. The van der Waals surface area contributed by atoms with E-state index in [9.17, 15) is 24.3 Å². The molecule has 5 rings (SSSR count). The second-order valence-electron chi connectivity index (χ2n) is 10.5. The number of anilines is 1. The van der Waals surface area contributed by atoms with E-state index in [0.717, 1.165) is 22.5 Å². The fourth-order valence-corrected chi connectivity index (χ4v) is 6.46. The Morgan fingerprint density at radius 3 is 2.27 bits per heavy atom. The molecule has 0 aliphatic carbocycles. The minimum absolute atomic E-state index is 0.0718. The van der Waals surface area contributed by atoms with Crippen molar-refractivity contribution in [2.75, 3.05) is 11.5 Å². The van der Waals surface area contributed by atoms with Crippen molar-refractivity contribution in [3.8, 4) is 0 Å². The number of carbonyl (C=O) groups excluding carboxylic acids is 3. The number of carboxylic acids is 1. The number of nitrogen functional groups attached to an aromatic ring is 1. The van der Waals surface area contributed by atoms with Crippen LogP contribution in [-0.4, -0.2) is 67.2 Å². The van der Waals surface area contributed by atoms with Gasteiger partial charge in [-0.25, -0.2) is 14.6 Å². The van der Waals surface area contributed by atoms with Crippen molar-refractivity contribution >= 4 is 57.7 Å². The number of carbonyl (C=O) groups is 4. The second kappa shape index (κ2) is 12.5. The lowest BCUT2D eigenvalue weighted by atomic mass is 10.0. The molecule has 1 saturated heterocycles. The van der Waals surface area contributed by atoms with Crippen LogP contribution in [0.3, 0.4) is 0 Å². The van der Waals surface area contributed by atoms with Gasteiger partial charge in [-0.15, -0.1) is 23.1 Å². The lowest BCUT2D eigenvalue weighted by Crippen LogP contribution is -2.71. The van der Waals surface area contributed by atoms with E-state index in [1.165, 1.54) is 35.9 Å². The third kappa shape index (κ3) is 6.17. The van der Waals surface area contributed by atoms with Crippen LogP contribution in [0.4, 0.5) is 5.13 Å². The molecular formula is C30H29N5O7S2. The summed E-state index contributed by atoms with van der Waals surface area (Å²) in [6.07, 6.45) is -0.730. The van der Waals surface area contributed by atoms with E-state index < -0.39 is 46.9 Å². The van der Waals surface area contributed by atoms with E-state index in [-0.39, 0.29) is 22.2 Å². The van der Waals surface area contributed by atoms with E-state index in [4.69, 9.17) is 15.3 Å². The van der Waals surface area contributed by atoms with Gasteiger partial charge in [-0.2, -0.15) is 0 Å². The average Bonchev–Trinajstić information content (AvgIpc) is 3.44. The van der Waals surface area contributed by atoms with Crippen molar-refractivity contribution in [2.24, 2.45) is 5.16 Å². The molecule has 12 nitrogen and oxygen atoms in total. The van der Waals surface area contributed by atoms with Crippen molar-refractivity contribution < 1.29 is 33.9 Å². The highest BCUT2D eigenvalue weighted by Crippen LogP contribution is 2.40. The van der Waals surface area contributed by atoms with Crippen LogP contribution in [0.25, 0.3) is 0 Å². The van der Waals surface area contributed by atoms with E-state index in [2.05, 4.69) is 15.5 Å². The summed E-state index contributed by atoms with van der Waals surface area (Å²) in [7, 11) is 0. The molecule has 1 aromatic heterocycles. The topological polar surface area (TPSA) is 174 Å². The fourth-order valence-electron chi connectivity index (χ4n) is 4.62. The number of nitrogens with two attached hydrogens (primary N) is 1. The summed E-state index contributed by atoms with van der Waals surface area (Å²) in [6.45, 7) is 4.55. The molecule has 44 heavy (non-hydrogen) atoms. The number of aromatic nitrogens is 1. The molecule has 2 amide bonds. The van der Waals surface area contributed by atoms with Crippen LogP contribution >= 0.6 is 23.1 Å². The highest BCUT2D eigenvalue weighted by Gasteiger charge is 2.54. The quantitative estimate of drug-likeness (QED) is 0.130. The van der Waals surface area contributed by atoms with Gasteiger partial charge < -0.3 is 25.7 Å². The third-order valence-electron chi connectivity index (χ3n) is 6.91. The first kappa shape index (κ1) is 30.8. The average molecular weight is 636 g/mol. The molecule has 0 saturated carbocycles. The number of nitrogens with one attached hydrogen (secondary N) is 1. The van der Waals surface area contributed by atoms with Crippen molar-refractivity contribution in [1.82, 2.24) is 15.2 Å². The standard InChI is InChI=1S/C30H29N5O7S2/c1-16-14-43-26-21(25(37)35(26)22(16)27(38)39)33-24(36)20(19-15-44-29(31)32-19)34-42-30(2,3)28(40)41-23(17-10-6-4-7-11-17)18-12-8-5-9-13-18/h4-13,15,21,23,26H,14H2,1-3H3,(H2,31,32)(H,33,36)(H,38,39)/t21-,26-/m1/s1. The number of carboxylic acid groups (broad SMARTS) is 1. The monoisotopic (exact) mass is 635 g/mol. The first-order valence-electron chi connectivity index (χ1n) is 13.4. The highest BCUT2D eigenvalue weighted by molar-refractivity contribution is 8.00. The van der Waals surface area contributed by atoms with Gasteiger partial charge in [-0.1, -0.05) is 65.8 Å². The molecule has 1 fully saturated rings. The van der Waals surface area contributed by atoms with Gasteiger partial charge in [0.25, 0.3) is 11.8 Å². The number of esters is 1. The van der Waals surface area contributed by atoms with Crippen LogP contribution in [0.5, 0.6) is 0 Å². The first-order valence-corrected chi connectivity index (χ1v) is 15.4. The predicted octanol–water partition coefficient (Wildman–Crippen LogP) is 3.32. The molecule has 3 aromatic rings. The zero-order valence-corrected chi connectivity index (χ0v) is 25.6. The summed E-state index contributed by atoms with van der Waals surface area (Å²) >= 11 is 2.40. The van der Waals surface area contributed by atoms with Gasteiger partial charge in [0.1, 0.15) is 22.8 Å². The number of aliphatic carboxylic acids is 1. The molecule has 4 N–H and O–H groups in total. The van der Waals surface area contributed by atoms with Gasteiger partial charge >= 0.3 is 11.9 Å². The summed E-state index contributed by atoms with van der Waals surface area (Å²) in [6, 6.07) is 17.4. The van der Waals surface area contributed by atoms with Crippen molar-refractivity contribution in [3.63, 3.8) is 0 Å². The Morgan fingerprint density at radius 2 is 1.73 bits per heavy atom. The Hall–Kier alpha value is -4.69. The van der Waals surface area contributed by atoms with Gasteiger partial charge in [-0.3, -0.25) is 14.5 Å². The summed E-state index contributed by atoms with van der Waals surface area (Å²) in [4.78, 5) is 62.5. The second-order valence-corrected chi connectivity index (χ2v) is 12.5. The van der Waals surface area contributed by atoms with Gasteiger partial charge in [0.2, 0.25) is 5.60 Å². The number of thiazole rings is 1. The lowest BCUT2D eigenvalue weighted by molar-refractivity contribution is -0.172. The molecule has 2 aliphatic heterocycles. The smallest absolute Gasteiger partial charge is 0.353 e. The number of nitrogens with zero attached hydrogens (tertiary/aromatic N) is 3. The highest BCUT2D eigenvalue weighted by atomic mass is 32.2. The van der Waals surface area contributed by atoms with E-state index in [0.29, 0.717) is 11.3 Å². The van der Waals surface area contributed by atoms with Crippen LogP contribution < -0.4 is 11.1 Å². The third-order valence-corrected chi connectivity index (χ3v) is 9.01. The normalized spacial score (nSPS) is 18.4. The Bertz CT molecular complexity index is 1620. The van der Waals surface area contributed by atoms with Gasteiger partial charge in [-0.05, 0) is 37.5 Å². The zero-order valence-electron chi connectivity index (χ0n) is 23.9. The number of hydrogen-bond donors (Lipinski definition) is 3. The summed E-state index contributed by atoms with van der Waals surface area (Å²) in [5.41, 5.74) is 5.86. The minimum Gasteiger partial charge on any atom is -0.477 e. The van der Waals surface area contributed by atoms with E-state index in [1.807, 2.05) is 60.7 Å². The molecule has 3 heterocycles. The first-order chi connectivity index (χ1) is 21.0. The molecule has 2 aromatic carbocycles. The Labute approximate surface area is 260 Å².